The summed E-state index contributed by atoms with van der Waals surface area (Å²) in [5, 5.41) is 8.81. The van der Waals surface area contributed by atoms with Gasteiger partial charge in [0.1, 0.15) is 5.76 Å². The fourth-order valence-electron chi connectivity index (χ4n) is 3.58. The molecular formula is C17H24N4O4. The number of carbonyl (C=O) groups is 3. The molecule has 3 rings (SSSR count). The zero-order chi connectivity index (χ0) is 17.8. The second-order valence-corrected chi connectivity index (χ2v) is 6.83. The predicted octanol–water partition coefficient (Wildman–Crippen LogP) is 1.22. The van der Waals surface area contributed by atoms with Crippen molar-refractivity contribution in [2.24, 2.45) is 5.92 Å². The van der Waals surface area contributed by atoms with Crippen LogP contribution in [0.3, 0.4) is 0 Å². The second-order valence-electron chi connectivity index (χ2n) is 6.83. The molecule has 2 heterocycles. The third-order valence-electron chi connectivity index (χ3n) is 4.86. The molecule has 1 aliphatic heterocycles. The highest BCUT2D eigenvalue weighted by atomic mass is 16.5. The van der Waals surface area contributed by atoms with E-state index in [2.05, 4.69) is 15.8 Å². The van der Waals surface area contributed by atoms with Gasteiger partial charge in [-0.15, -0.1) is 0 Å². The molecule has 25 heavy (non-hydrogen) atoms. The number of nitrogens with zero attached hydrogens (tertiary/aromatic N) is 2. The first-order valence-electron chi connectivity index (χ1n) is 8.83. The van der Waals surface area contributed by atoms with Gasteiger partial charge in [-0.2, -0.15) is 0 Å². The maximum Gasteiger partial charge on any atom is 0.245 e. The molecule has 8 nitrogen and oxygen atoms in total. The Kier molecular flexibility index (Phi) is 5.35. The molecule has 136 valence electrons. The van der Waals surface area contributed by atoms with Gasteiger partial charge in [0.25, 0.3) is 0 Å². The monoisotopic (exact) mass is 348 g/mol. The average molecular weight is 348 g/mol. The van der Waals surface area contributed by atoms with Crippen molar-refractivity contribution >= 4 is 23.5 Å². The van der Waals surface area contributed by atoms with Gasteiger partial charge in [0.15, 0.2) is 5.82 Å². The molecule has 1 atom stereocenters. The van der Waals surface area contributed by atoms with Gasteiger partial charge in [-0.1, -0.05) is 24.4 Å². The SMILES string of the molecule is Cc1cc(NC(=O)CNC(=O)C2CC(=O)N(C3CCCCC3)C2)no1. The van der Waals surface area contributed by atoms with Gasteiger partial charge >= 0.3 is 0 Å². The molecule has 2 N–H and O–H groups in total. The molecule has 8 heteroatoms. The van der Waals surface area contributed by atoms with Crippen LogP contribution < -0.4 is 10.6 Å². The molecule has 1 saturated carbocycles. The Morgan fingerprint density at radius 2 is 2.08 bits per heavy atom. The first-order chi connectivity index (χ1) is 12.0. The van der Waals surface area contributed by atoms with E-state index in [1.54, 1.807) is 13.0 Å². The molecule has 1 saturated heterocycles. The lowest BCUT2D eigenvalue weighted by atomic mass is 9.94. The van der Waals surface area contributed by atoms with Crippen LogP contribution in [-0.2, 0) is 14.4 Å². The minimum absolute atomic E-state index is 0.0505. The summed E-state index contributed by atoms with van der Waals surface area (Å²) in [5.74, 6) is -0.0535. The van der Waals surface area contributed by atoms with Crippen LogP contribution in [0.4, 0.5) is 5.82 Å². The second kappa shape index (κ2) is 7.67. The van der Waals surface area contributed by atoms with Crippen molar-refractivity contribution in [1.29, 1.82) is 0 Å². The van der Waals surface area contributed by atoms with Crippen LogP contribution in [0.15, 0.2) is 10.6 Å². The van der Waals surface area contributed by atoms with E-state index >= 15 is 0 Å². The number of aryl methyl sites for hydroxylation is 1. The van der Waals surface area contributed by atoms with Crippen molar-refractivity contribution in [2.75, 3.05) is 18.4 Å². The number of hydrogen-bond donors (Lipinski definition) is 2. The van der Waals surface area contributed by atoms with E-state index in [4.69, 9.17) is 4.52 Å². The van der Waals surface area contributed by atoms with Gasteiger partial charge in [-0.05, 0) is 19.8 Å². The zero-order valence-corrected chi connectivity index (χ0v) is 14.4. The summed E-state index contributed by atoms with van der Waals surface area (Å²) in [5.41, 5.74) is 0. The lowest BCUT2D eigenvalue weighted by Gasteiger charge is -2.31. The van der Waals surface area contributed by atoms with Crippen LogP contribution in [0, 0.1) is 12.8 Å². The molecule has 2 fully saturated rings. The predicted molar refractivity (Wildman–Crippen MR) is 89.6 cm³/mol. The Balaban J connectivity index is 1.45. The fraction of sp³-hybridized carbons (Fsp3) is 0.647. The van der Waals surface area contributed by atoms with Crippen molar-refractivity contribution in [3.63, 3.8) is 0 Å². The van der Waals surface area contributed by atoms with E-state index in [1.165, 1.54) is 6.42 Å². The van der Waals surface area contributed by atoms with Crippen molar-refractivity contribution < 1.29 is 18.9 Å². The van der Waals surface area contributed by atoms with Gasteiger partial charge in [-0.3, -0.25) is 14.4 Å². The van der Waals surface area contributed by atoms with Gasteiger partial charge in [0.2, 0.25) is 17.7 Å². The number of carbonyl (C=O) groups excluding carboxylic acids is 3. The van der Waals surface area contributed by atoms with E-state index in [-0.39, 0.29) is 42.6 Å². The Bertz CT molecular complexity index is 651. The summed E-state index contributed by atoms with van der Waals surface area (Å²) in [4.78, 5) is 38.2. The molecule has 1 unspecified atom stereocenters. The fourth-order valence-corrected chi connectivity index (χ4v) is 3.58. The zero-order valence-electron chi connectivity index (χ0n) is 14.4. The molecule has 1 aromatic heterocycles. The summed E-state index contributed by atoms with van der Waals surface area (Å²) in [6, 6.07) is 1.87. The van der Waals surface area contributed by atoms with Crippen molar-refractivity contribution in [2.45, 2.75) is 51.5 Å². The Hall–Kier alpha value is -2.38. The van der Waals surface area contributed by atoms with E-state index in [9.17, 15) is 14.4 Å². The third kappa shape index (κ3) is 4.37. The molecule has 3 amide bonds. The average Bonchev–Trinajstić information content (AvgIpc) is 3.19. The first-order valence-corrected chi connectivity index (χ1v) is 8.83. The quantitative estimate of drug-likeness (QED) is 0.832. The lowest BCUT2D eigenvalue weighted by molar-refractivity contribution is -0.130. The highest BCUT2D eigenvalue weighted by molar-refractivity contribution is 5.95. The van der Waals surface area contributed by atoms with Crippen LogP contribution in [0.5, 0.6) is 0 Å². The number of hydrogen-bond acceptors (Lipinski definition) is 5. The van der Waals surface area contributed by atoms with E-state index in [1.807, 2.05) is 4.90 Å². The van der Waals surface area contributed by atoms with Gasteiger partial charge in [0, 0.05) is 25.1 Å². The van der Waals surface area contributed by atoms with Crippen LogP contribution in [0.2, 0.25) is 0 Å². The summed E-state index contributed by atoms with van der Waals surface area (Å²) in [6.45, 7) is 2.03. The molecular weight excluding hydrogens is 324 g/mol. The Morgan fingerprint density at radius 1 is 1.32 bits per heavy atom. The van der Waals surface area contributed by atoms with Crippen LogP contribution in [0.25, 0.3) is 0 Å². The number of likely N-dealkylation sites (tertiary alicyclic amines) is 1. The molecule has 0 spiro atoms. The molecule has 0 bridgehead atoms. The van der Waals surface area contributed by atoms with Crippen LogP contribution in [-0.4, -0.2) is 46.9 Å². The van der Waals surface area contributed by atoms with Gasteiger partial charge in [0.05, 0.1) is 12.5 Å². The molecule has 1 aromatic rings. The Morgan fingerprint density at radius 3 is 2.76 bits per heavy atom. The molecule has 0 radical (unpaired) electrons. The van der Waals surface area contributed by atoms with Gasteiger partial charge in [-0.25, -0.2) is 0 Å². The standard InChI is InChI=1S/C17H24N4O4/c1-11-7-14(20-25-11)19-15(22)9-18-17(24)12-8-16(23)21(10-12)13-5-3-2-4-6-13/h7,12-13H,2-6,8-10H2,1H3,(H,18,24)(H,19,20,22). The maximum absolute atomic E-state index is 12.3. The Labute approximate surface area is 146 Å². The lowest BCUT2D eigenvalue weighted by Crippen LogP contribution is -2.40. The topological polar surface area (TPSA) is 105 Å². The highest BCUT2D eigenvalue weighted by Gasteiger charge is 2.38. The summed E-state index contributed by atoms with van der Waals surface area (Å²) in [7, 11) is 0. The minimum atomic E-state index is -0.380. The van der Waals surface area contributed by atoms with Crippen molar-refractivity contribution in [1.82, 2.24) is 15.4 Å². The van der Waals surface area contributed by atoms with E-state index < -0.39 is 0 Å². The maximum atomic E-state index is 12.3. The number of rotatable bonds is 5. The summed E-state index contributed by atoms with van der Waals surface area (Å²) >= 11 is 0. The smallest absolute Gasteiger partial charge is 0.245 e. The molecule has 1 aliphatic carbocycles. The summed E-state index contributed by atoms with van der Waals surface area (Å²) < 4.78 is 4.86. The number of amides is 3. The normalized spacial score (nSPS) is 21.4. The van der Waals surface area contributed by atoms with Crippen molar-refractivity contribution in [3.8, 4) is 0 Å². The number of anilines is 1. The highest BCUT2D eigenvalue weighted by Crippen LogP contribution is 2.28. The largest absolute Gasteiger partial charge is 0.360 e. The van der Waals surface area contributed by atoms with Crippen LogP contribution in [0.1, 0.15) is 44.3 Å². The van der Waals surface area contributed by atoms with Gasteiger partial charge < -0.3 is 20.1 Å². The number of nitrogens with one attached hydrogen (secondary N) is 2. The first kappa shape index (κ1) is 17.4. The third-order valence-corrected chi connectivity index (χ3v) is 4.86. The molecule has 2 aliphatic rings. The van der Waals surface area contributed by atoms with E-state index in [0.29, 0.717) is 18.1 Å². The number of aromatic nitrogens is 1. The van der Waals surface area contributed by atoms with E-state index in [0.717, 1.165) is 25.7 Å². The molecule has 0 aromatic carbocycles. The van der Waals surface area contributed by atoms with Crippen LogP contribution >= 0.6 is 0 Å². The van der Waals surface area contributed by atoms with Crippen molar-refractivity contribution in [3.05, 3.63) is 11.8 Å². The minimum Gasteiger partial charge on any atom is -0.360 e. The summed E-state index contributed by atoms with van der Waals surface area (Å²) in [6.07, 6.45) is 5.80.